The summed E-state index contributed by atoms with van der Waals surface area (Å²) in [6.45, 7) is 2.09. The molecule has 0 spiro atoms. The summed E-state index contributed by atoms with van der Waals surface area (Å²) in [6, 6.07) is 6.83. The van der Waals surface area contributed by atoms with Gasteiger partial charge in [0, 0.05) is 11.5 Å². The normalized spacial score (nSPS) is 16.7. The first-order valence-corrected chi connectivity index (χ1v) is 5.62. The van der Waals surface area contributed by atoms with E-state index in [0.717, 1.165) is 18.4 Å². The number of halogens is 2. The molecule has 15 heavy (non-hydrogen) atoms. The van der Waals surface area contributed by atoms with E-state index in [0.29, 0.717) is 12.8 Å². The lowest BCUT2D eigenvalue weighted by atomic mass is 10.0. The molecule has 0 bridgehead atoms. The van der Waals surface area contributed by atoms with Crippen LogP contribution in [-0.4, -0.2) is 0 Å². The van der Waals surface area contributed by atoms with E-state index in [1.165, 1.54) is 0 Å². The lowest BCUT2D eigenvalue weighted by Gasteiger charge is -2.16. The molecule has 0 atom stereocenters. The Balaban J connectivity index is 2.15. The summed E-state index contributed by atoms with van der Waals surface area (Å²) in [6.07, 6.45) is 3.36. The van der Waals surface area contributed by atoms with Crippen molar-refractivity contribution in [3.05, 3.63) is 35.4 Å². The van der Waals surface area contributed by atoms with Gasteiger partial charge in [0.1, 0.15) is 0 Å². The highest BCUT2D eigenvalue weighted by Crippen LogP contribution is 2.49. The summed E-state index contributed by atoms with van der Waals surface area (Å²) < 4.78 is 27.3. The van der Waals surface area contributed by atoms with Crippen LogP contribution in [-0.2, 0) is 12.3 Å². The SMILES string of the molecule is CCCc1ccc(C(F)(F)C2CC2)cc1. The standard InChI is InChI=1S/C13H16F2/c1-2-3-10-4-6-11(7-5-10)13(14,15)12-8-9-12/h4-7,12H,2-3,8-9H2,1H3. The molecule has 0 unspecified atom stereocenters. The molecule has 1 aliphatic carbocycles. The van der Waals surface area contributed by atoms with Gasteiger partial charge in [0.25, 0.3) is 5.92 Å². The highest BCUT2D eigenvalue weighted by molar-refractivity contribution is 5.27. The zero-order chi connectivity index (χ0) is 10.9. The van der Waals surface area contributed by atoms with E-state index < -0.39 is 11.8 Å². The van der Waals surface area contributed by atoms with E-state index in [4.69, 9.17) is 0 Å². The predicted octanol–water partition coefficient (Wildman–Crippen LogP) is 4.14. The number of hydrogen-bond acceptors (Lipinski definition) is 0. The largest absolute Gasteiger partial charge is 0.276 e. The third-order valence-corrected chi connectivity index (χ3v) is 2.97. The second-order valence-electron chi connectivity index (χ2n) is 4.34. The number of alkyl halides is 2. The van der Waals surface area contributed by atoms with Gasteiger partial charge in [-0.15, -0.1) is 0 Å². The maximum Gasteiger partial charge on any atom is 0.276 e. The van der Waals surface area contributed by atoms with E-state index in [-0.39, 0.29) is 5.56 Å². The number of benzene rings is 1. The van der Waals surface area contributed by atoms with Gasteiger partial charge in [-0.2, -0.15) is 0 Å². The quantitative estimate of drug-likeness (QED) is 0.700. The molecule has 1 aromatic carbocycles. The molecule has 2 rings (SSSR count). The first-order chi connectivity index (χ1) is 7.14. The van der Waals surface area contributed by atoms with Gasteiger partial charge in [0.05, 0.1) is 0 Å². The van der Waals surface area contributed by atoms with Crippen molar-refractivity contribution in [2.24, 2.45) is 5.92 Å². The van der Waals surface area contributed by atoms with Crippen molar-refractivity contribution in [2.75, 3.05) is 0 Å². The monoisotopic (exact) mass is 210 g/mol. The maximum absolute atomic E-state index is 13.7. The Hall–Kier alpha value is -0.920. The molecule has 0 nitrogen and oxygen atoms in total. The minimum atomic E-state index is -2.61. The van der Waals surface area contributed by atoms with E-state index in [2.05, 4.69) is 6.92 Å². The Morgan fingerprint density at radius 3 is 2.27 bits per heavy atom. The number of hydrogen-bond donors (Lipinski definition) is 0. The van der Waals surface area contributed by atoms with Gasteiger partial charge in [-0.1, -0.05) is 37.6 Å². The lowest BCUT2D eigenvalue weighted by molar-refractivity contribution is -0.0285. The molecular weight excluding hydrogens is 194 g/mol. The van der Waals surface area contributed by atoms with Crippen LogP contribution >= 0.6 is 0 Å². The summed E-state index contributed by atoms with van der Waals surface area (Å²) in [4.78, 5) is 0. The van der Waals surface area contributed by atoms with Crippen molar-refractivity contribution in [3.8, 4) is 0 Å². The summed E-state index contributed by atoms with van der Waals surface area (Å²) in [5.74, 6) is -3.01. The van der Waals surface area contributed by atoms with Crippen molar-refractivity contribution in [3.63, 3.8) is 0 Å². The zero-order valence-electron chi connectivity index (χ0n) is 8.97. The molecule has 1 aliphatic rings. The first kappa shape index (κ1) is 10.6. The zero-order valence-corrected chi connectivity index (χ0v) is 8.97. The van der Waals surface area contributed by atoms with E-state index in [1.807, 2.05) is 12.1 Å². The van der Waals surface area contributed by atoms with Gasteiger partial charge in [-0.05, 0) is 24.8 Å². The smallest absolute Gasteiger partial charge is 0.201 e. The fourth-order valence-electron chi connectivity index (χ4n) is 1.86. The van der Waals surface area contributed by atoms with E-state index in [9.17, 15) is 8.78 Å². The molecule has 0 radical (unpaired) electrons. The van der Waals surface area contributed by atoms with Crippen LogP contribution in [0.3, 0.4) is 0 Å². The van der Waals surface area contributed by atoms with Crippen LogP contribution in [0.15, 0.2) is 24.3 Å². The van der Waals surface area contributed by atoms with Gasteiger partial charge in [0.2, 0.25) is 0 Å². The molecule has 0 amide bonds. The Morgan fingerprint density at radius 1 is 1.20 bits per heavy atom. The third-order valence-electron chi connectivity index (χ3n) is 2.97. The maximum atomic E-state index is 13.7. The minimum Gasteiger partial charge on any atom is -0.201 e. The van der Waals surface area contributed by atoms with Crippen LogP contribution in [0, 0.1) is 5.92 Å². The summed E-state index contributed by atoms with van der Waals surface area (Å²) in [7, 11) is 0. The summed E-state index contributed by atoms with van der Waals surface area (Å²) >= 11 is 0. The average molecular weight is 210 g/mol. The lowest BCUT2D eigenvalue weighted by Crippen LogP contribution is -2.15. The predicted molar refractivity (Wildman–Crippen MR) is 57.1 cm³/mol. The van der Waals surface area contributed by atoms with Crippen molar-refractivity contribution in [2.45, 2.75) is 38.5 Å². The molecule has 0 aromatic heterocycles. The van der Waals surface area contributed by atoms with Crippen molar-refractivity contribution < 1.29 is 8.78 Å². The molecule has 1 aromatic rings. The van der Waals surface area contributed by atoms with Gasteiger partial charge >= 0.3 is 0 Å². The van der Waals surface area contributed by atoms with Gasteiger partial charge in [-0.3, -0.25) is 0 Å². The van der Waals surface area contributed by atoms with Crippen LogP contribution in [0.25, 0.3) is 0 Å². The van der Waals surface area contributed by atoms with Crippen molar-refractivity contribution in [1.29, 1.82) is 0 Å². The topological polar surface area (TPSA) is 0 Å². The molecular formula is C13H16F2. The second-order valence-corrected chi connectivity index (χ2v) is 4.34. The van der Waals surface area contributed by atoms with Crippen LogP contribution in [0.4, 0.5) is 8.78 Å². The molecule has 1 saturated carbocycles. The van der Waals surface area contributed by atoms with Crippen LogP contribution < -0.4 is 0 Å². The number of rotatable bonds is 4. The Bertz CT molecular complexity index is 323. The third kappa shape index (κ3) is 2.19. The van der Waals surface area contributed by atoms with E-state index in [1.54, 1.807) is 12.1 Å². The molecule has 82 valence electrons. The van der Waals surface area contributed by atoms with Crippen LogP contribution in [0.2, 0.25) is 0 Å². The van der Waals surface area contributed by atoms with Crippen molar-refractivity contribution in [1.82, 2.24) is 0 Å². The fraction of sp³-hybridized carbons (Fsp3) is 0.538. The molecule has 0 saturated heterocycles. The van der Waals surface area contributed by atoms with E-state index >= 15 is 0 Å². The number of aryl methyl sites for hydroxylation is 1. The Kier molecular flexibility index (Phi) is 2.76. The highest BCUT2D eigenvalue weighted by Gasteiger charge is 2.47. The van der Waals surface area contributed by atoms with Gasteiger partial charge in [0.15, 0.2) is 0 Å². The summed E-state index contributed by atoms with van der Waals surface area (Å²) in [5, 5.41) is 0. The van der Waals surface area contributed by atoms with Crippen LogP contribution in [0.1, 0.15) is 37.3 Å². The Morgan fingerprint density at radius 2 is 1.80 bits per heavy atom. The minimum absolute atomic E-state index is 0.185. The molecule has 0 heterocycles. The molecule has 0 N–H and O–H groups in total. The fourth-order valence-corrected chi connectivity index (χ4v) is 1.86. The second kappa shape index (κ2) is 3.92. The average Bonchev–Trinajstić information content (AvgIpc) is 3.02. The highest BCUT2D eigenvalue weighted by atomic mass is 19.3. The Labute approximate surface area is 89.3 Å². The molecule has 0 aliphatic heterocycles. The molecule has 2 heteroatoms. The molecule has 1 fully saturated rings. The van der Waals surface area contributed by atoms with Gasteiger partial charge in [-0.25, -0.2) is 8.78 Å². The van der Waals surface area contributed by atoms with Crippen molar-refractivity contribution >= 4 is 0 Å². The van der Waals surface area contributed by atoms with Gasteiger partial charge < -0.3 is 0 Å². The summed E-state index contributed by atoms with van der Waals surface area (Å²) in [5.41, 5.74) is 1.33. The first-order valence-electron chi connectivity index (χ1n) is 5.62. The van der Waals surface area contributed by atoms with Crippen LogP contribution in [0.5, 0.6) is 0 Å².